The molecule has 4 aliphatic rings. The lowest BCUT2D eigenvalue weighted by molar-refractivity contribution is 0.663. The van der Waals surface area contributed by atoms with Crippen molar-refractivity contribution < 1.29 is 0 Å². The van der Waals surface area contributed by atoms with Crippen LogP contribution in [0.3, 0.4) is 0 Å². The molecule has 0 saturated carbocycles. The Balaban J connectivity index is 1.38. The van der Waals surface area contributed by atoms with Gasteiger partial charge in [0.1, 0.15) is 0 Å². The van der Waals surface area contributed by atoms with E-state index in [1.165, 1.54) is 132 Å². The average molecular weight is 717 g/mol. The molecule has 0 spiro atoms. The van der Waals surface area contributed by atoms with Crippen molar-refractivity contribution in [3.8, 4) is 44.5 Å². The first-order chi connectivity index (χ1) is 26.8. The number of fused-ring (bicyclic) bond motifs is 18. The fourth-order valence-electron chi connectivity index (χ4n) is 13.2. The zero-order valence-corrected chi connectivity index (χ0v) is 33.5. The highest BCUT2D eigenvalue weighted by atomic mass is 14.5. The molecule has 56 heavy (non-hydrogen) atoms. The van der Waals surface area contributed by atoms with Gasteiger partial charge in [-0.15, -0.1) is 0 Å². The number of hydrogen-bond acceptors (Lipinski definition) is 0. The summed E-state index contributed by atoms with van der Waals surface area (Å²) in [5.74, 6) is 0. The van der Waals surface area contributed by atoms with Gasteiger partial charge >= 0.3 is 0 Å². The van der Waals surface area contributed by atoms with E-state index >= 15 is 0 Å². The second-order valence-electron chi connectivity index (χ2n) is 19.6. The molecule has 0 heterocycles. The van der Waals surface area contributed by atoms with Gasteiger partial charge in [0.2, 0.25) is 0 Å². The summed E-state index contributed by atoms with van der Waals surface area (Å²) in [5.41, 5.74) is 22.2. The average Bonchev–Trinajstić information content (AvgIpc) is 3.76. The van der Waals surface area contributed by atoms with Gasteiger partial charge in [-0.05, 0) is 156 Å². The minimum atomic E-state index is -0.170. The molecule has 0 heteroatoms. The Labute approximate surface area is 329 Å². The monoisotopic (exact) mass is 716 g/mol. The summed E-state index contributed by atoms with van der Waals surface area (Å²) in [7, 11) is 0. The Hall–Kier alpha value is -5.72. The van der Waals surface area contributed by atoms with E-state index < -0.39 is 0 Å². The van der Waals surface area contributed by atoms with Crippen LogP contribution in [0.4, 0.5) is 0 Å². The maximum Gasteiger partial charge on any atom is 0.0165 e. The molecule has 0 saturated heterocycles. The molecule has 9 aromatic rings. The van der Waals surface area contributed by atoms with E-state index in [1.807, 2.05) is 0 Å². The molecular formula is C56H44. The lowest BCUT2D eigenvalue weighted by atomic mass is 9.71. The molecule has 0 fully saturated rings. The quantitative estimate of drug-likeness (QED) is 0.108. The van der Waals surface area contributed by atoms with Crippen LogP contribution in [0, 0.1) is 0 Å². The maximum atomic E-state index is 2.65. The van der Waals surface area contributed by atoms with Crippen LogP contribution < -0.4 is 0 Å². The molecule has 0 radical (unpaired) electrons. The predicted molar refractivity (Wildman–Crippen MR) is 238 cm³/mol. The molecule has 0 aromatic heterocycles. The highest BCUT2D eigenvalue weighted by molar-refractivity contribution is 6.38. The van der Waals surface area contributed by atoms with Gasteiger partial charge in [0, 0.05) is 21.7 Å². The summed E-state index contributed by atoms with van der Waals surface area (Å²) in [6, 6.07) is 47.5. The maximum absolute atomic E-state index is 2.65. The topological polar surface area (TPSA) is 0 Å². The smallest absolute Gasteiger partial charge is 0.0165 e. The third kappa shape index (κ3) is 3.25. The van der Waals surface area contributed by atoms with Gasteiger partial charge in [0.25, 0.3) is 0 Å². The summed E-state index contributed by atoms with van der Waals surface area (Å²) in [5, 5.41) is 11.5. The van der Waals surface area contributed by atoms with E-state index in [0.717, 1.165) is 0 Å². The molecule has 0 aliphatic heterocycles. The molecule has 0 atom stereocenters. The van der Waals surface area contributed by atoms with Crippen LogP contribution in [0.1, 0.15) is 99.9 Å². The molecule has 4 aliphatic carbocycles. The number of hydrogen-bond donors (Lipinski definition) is 0. The van der Waals surface area contributed by atoms with Crippen LogP contribution in [0.15, 0.2) is 121 Å². The normalized spacial score (nSPS) is 17.9. The second-order valence-corrected chi connectivity index (χ2v) is 19.6. The van der Waals surface area contributed by atoms with Crippen molar-refractivity contribution in [2.75, 3.05) is 0 Å². The fraction of sp³-hybridized carbons (Fsp3) is 0.214. The largest absolute Gasteiger partial charge is 0.0619 e. The molecule has 0 unspecified atom stereocenters. The van der Waals surface area contributed by atoms with Gasteiger partial charge < -0.3 is 0 Å². The van der Waals surface area contributed by atoms with Crippen LogP contribution in [-0.4, -0.2) is 0 Å². The highest BCUT2D eigenvalue weighted by Crippen LogP contribution is 2.64. The Morgan fingerprint density at radius 3 is 0.821 bits per heavy atom. The van der Waals surface area contributed by atoms with E-state index in [9.17, 15) is 0 Å². The number of benzene rings is 9. The van der Waals surface area contributed by atoms with Crippen LogP contribution in [-0.2, 0) is 21.7 Å². The zero-order chi connectivity index (χ0) is 38.0. The lowest BCUT2D eigenvalue weighted by Crippen LogP contribution is -2.19. The number of rotatable bonds is 0. The molecule has 268 valence electrons. The molecule has 0 nitrogen and oxygen atoms in total. The van der Waals surface area contributed by atoms with Crippen LogP contribution in [0.25, 0.3) is 87.6 Å². The Morgan fingerprint density at radius 2 is 0.500 bits per heavy atom. The summed E-state index contributed by atoms with van der Waals surface area (Å²) < 4.78 is 0. The van der Waals surface area contributed by atoms with Crippen molar-refractivity contribution >= 4 is 43.1 Å². The molecule has 13 rings (SSSR count). The first-order valence-electron chi connectivity index (χ1n) is 20.6. The van der Waals surface area contributed by atoms with Crippen LogP contribution in [0.5, 0.6) is 0 Å². The third-order valence-electron chi connectivity index (χ3n) is 15.4. The lowest BCUT2D eigenvalue weighted by Gasteiger charge is -2.31. The molecule has 0 bridgehead atoms. The summed E-state index contributed by atoms with van der Waals surface area (Å²) in [6.07, 6.45) is 0. The summed E-state index contributed by atoms with van der Waals surface area (Å²) in [4.78, 5) is 0. The fourth-order valence-corrected chi connectivity index (χ4v) is 13.2. The van der Waals surface area contributed by atoms with Gasteiger partial charge in [-0.1, -0.05) is 152 Å². The summed E-state index contributed by atoms with van der Waals surface area (Å²) >= 11 is 0. The molecule has 0 N–H and O–H groups in total. The van der Waals surface area contributed by atoms with Gasteiger partial charge in [0.15, 0.2) is 0 Å². The molecular weight excluding hydrogens is 673 g/mol. The highest BCUT2D eigenvalue weighted by Gasteiger charge is 2.46. The van der Waals surface area contributed by atoms with Crippen molar-refractivity contribution in [1.82, 2.24) is 0 Å². The minimum absolute atomic E-state index is 0.145. The van der Waals surface area contributed by atoms with Crippen LogP contribution in [0.2, 0.25) is 0 Å². The van der Waals surface area contributed by atoms with Gasteiger partial charge in [0.05, 0.1) is 0 Å². The Kier molecular flexibility index (Phi) is 5.31. The Bertz CT molecular complexity index is 3110. The van der Waals surface area contributed by atoms with Crippen molar-refractivity contribution in [3.05, 3.63) is 166 Å². The van der Waals surface area contributed by atoms with E-state index in [2.05, 4.69) is 177 Å². The second kappa shape index (κ2) is 9.45. The van der Waals surface area contributed by atoms with Crippen molar-refractivity contribution in [2.45, 2.75) is 77.0 Å². The van der Waals surface area contributed by atoms with E-state index in [1.54, 1.807) is 0 Å². The third-order valence-corrected chi connectivity index (χ3v) is 15.4. The minimum Gasteiger partial charge on any atom is -0.0619 e. The SMILES string of the molecule is CC1(C)c2ccccc2-c2cc3c4c5c(cc6c7c(cc(c8c9c(cc(c21)c38)-c1ccccc1C9(C)C)c64)-c1ccccc1C7(C)C)-c1ccccc1C5(C)C. The molecule has 9 aromatic carbocycles. The summed E-state index contributed by atoms with van der Waals surface area (Å²) in [6.45, 7) is 19.8. The van der Waals surface area contributed by atoms with Crippen molar-refractivity contribution in [2.24, 2.45) is 0 Å². The van der Waals surface area contributed by atoms with Crippen molar-refractivity contribution in [3.63, 3.8) is 0 Å². The Morgan fingerprint density at radius 1 is 0.250 bits per heavy atom. The van der Waals surface area contributed by atoms with Gasteiger partial charge in [-0.3, -0.25) is 0 Å². The van der Waals surface area contributed by atoms with Crippen molar-refractivity contribution in [1.29, 1.82) is 0 Å². The first kappa shape index (κ1) is 31.5. The zero-order valence-electron chi connectivity index (χ0n) is 33.5. The van der Waals surface area contributed by atoms with Crippen LogP contribution >= 0.6 is 0 Å². The van der Waals surface area contributed by atoms with E-state index in [-0.39, 0.29) is 21.7 Å². The molecule has 0 amide bonds. The van der Waals surface area contributed by atoms with Gasteiger partial charge in [-0.25, -0.2) is 0 Å². The predicted octanol–water partition coefficient (Wildman–Crippen LogP) is 15.0. The van der Waals surface area contributed by atoms with E-state index in [0.29, 0.717) is 0 Å². The standard InChI is InChI=1S/C56H44/c1-53(2)41-21-13-9-17-29(41)33-25-37-45-39(49(33)53)27-35-31-19-11-15-23-43(31)55(5,6)51(35)47(45)38-26-34-30-18-10-14-22-42(30)54(3,4)50(34)40-28-36-32-20-12-16-24-44(32)56(7,8)52(36)48(37)46(38)40/h9-28H,1-8H3. The first-order valence-corrected chi connectivity index (χ1v) is 20.6. The van der Waals surface area contributed by atoms with Gasteiger partial charge in [-0.2, -0.15) is 0 Å². The van der Waals surface area contributed by atoms with E-state index in [4.69, 9.17) is 0 Å².